The van der Waals surface area contributed by atoms with Gasteiger partial charge in [-0.25, -0.2) is 4.98 Å². The number of carbonyl (C=O) groups is 1. The van der Waals surface area contributed by atoms with Gasteiger partial charge in [0.15, 0.2) is 5.69 Å². The van der Waals surface area contributed by atoms with Crippen LogP contribution in [0.2, 0.25) is 0 Å². The van der Waals surface area contributed by atoms with Gasteiger partial charge in [0.05, 0.1) is 0 Å². The molecule has 0 saturated heterocycles. The van der Waals surface area contributed by atoms with Crippen molar-refractivity contribution in [2.24, 2.45) is 0 Å². The maximum atomic E-state index is 12.8. The van der Waals surface area contributed by atoms with Crippen LogP contribution in [0.5, 0.6) is 0 Å². The number of alkyl halides is 3. The minimum Gasteiger partial charge on any atom is -0.354 e. The summed E-state index contributed by atoms with van der Waals surface area (Å²) in [4.78, 5) is 15.1. The van der Waals surface area contributed by atoms with E-state index in [9.17, 15) is 18.0 Å². The van der Waals surface area contributed by atoms with Gasteiger partial charge >= 0.3 is 6.18 Å². The number of amides is 1. The minimum absolute atomic E-state index is 0.349. The quantitative estimate of drug-likeness (QED) is 0.819. The number of fused-ring (bicyclic) bond motifs is 1. The summed E-state index contributed by atoms with van der Waals surface area (Å²) in [5.41, 5.74) is -1.44. The van der Waals surface area contributed by atoms with Crippen LogP contribution in [-0.4, -0.2) is 22.5 Å². The molecule has 7 heteroatoms. The van der Waals surface area contributed by atoms with Crippen molar-refractivity contribution in [1.82, 2.24) is 14.9 Å². The van der Waals surface area contributed by atoms with Crippen LogP contribution in [0.1, 0.15) is 34.8 Å². The first kappa shape index (κ1) is 11.9. The van der Waals surface area contributed by atoms with Gasteiger partial charge in [0, 0.05) is 20.0 Å². The van der Waals surface area contributed by atoms with Crippen LogP contribution in [0.15, 0.2) is 0 Å². The molecule has 0 unspecified atom stereocenters. The van der Waals surface area contributed by atoms with Gasteiger partial charge in [-0.3, -0.25) is 4.79 Å². The van der Waals surface area contributed by atoms with Crippen LogP contribution >= 0.6 is 0 Å². The minimum atomic E-state index is -4.59. The fourth-order valence-corrected chi connectivity index (χ4v) is 2.03. The number of aromatic nitrogens is 2. The number of halogens is 3. The van der Waals surface area contributed by atoms with Gasteiger partial charge in [0.25, 0.3) is 5.91 Å². The zero-order valence-electron chi connectivity index (χ0n) is 9.26. The standard InChI is InChI=1S/C10H12F3N3O/c1-14-9(17)7-8(10(11,12)13)15-6-4-2-3-5-16(6)7/h2-5H2,1H3,(H,14,17). The van der Waals surface area contributed by atoms with Crippen molar-refractivity contribution in [3.05, 3.63) is 17.2 Å². The summed E-state index contributed by atoms with van der Waals surface area (Å²) in [5.74, 6) is -0.389. The lowest BCUT2D eigenvalue weighted by atomic mass is 10.1. The molecular weight excluding hydrogens is 235 g/mol. The summed E-state index contributed by atoms with van der Waals surface area (Å²) >= 11 is 0. The summed E-state index contributed by atoms with van der Waals surface area (Å²) in [6, 6.07) is 0. The maximum absolute atomic E-state index is 12.8. The Labute approximate surface area is 95.8 Å². The number of nitrogens with one attached hydrogen (secondary N) is 1. The second-order valence-electron chi connectivity index (χ2n) is 3.91. The zero-order valence-corrected chi connectivity index (χ0v) is 9.26. The molecule has 4 nitrogen and oxygen atoms in total. The van der Waals surface area contributed by atoms with Gasteiger partial charge in [0.2, 0.25) is 0 Å². The second kappa shape index (κ2) is 4.05. The van der Waals surface area contributed by atoms with Gasteiger partial charge in [-0.15, -0.1) is 0 Å². The van der Waals surface area contributed by atoms with E-state index in [0.717, 1.165) is 12.8 Å². The van der Waals surface area contributed by atoms with Crippen molar-refractivity contribution >= 4 is 5.91 Å². The summed E-state index contributed by atoms with van der Waals surface area (Å²) in [6.07, 6.45) is -2.53. The second-order valence-corrected chi connectivity index (χ2v) is 3.91. The topological polar surface area (TPSA) is 46.9 Å². The first-order valence-electron chi connectivity index (χ1n) is 5.34. The van der Waals surface area contributed by atoms with Crippen molar-refractivity contribution in [2.45, 2.75) is 32.0 Å². The Bertz CT molecular complexity index is 450. The number of carbonyl (C=O) groups excluding carboxylic acids is 1. The van der Waals surface area contributed by atoms with Gasteiger partial charge in [-0.2, -0.15) is 13.2 Å². The highest BCUT2D eigenvalue weighted by Gasteiger charge is 2.41. The molecule has 17 heavy (non-hydrogen) atoms. The summed E-state index contributed by atoms with van der Waals surface area (Å²) in [6.45, 7) is 0.418. The molecule has 0 atom stereocenters. The Morgan fingerprint density at radius 1 is 1.41 bits per heavy atom. The molecule has 1 aromatic heterocycles. The average Bonchev–Trinajstić information content (AvgIpc) is 2.67. The first-order chi connectivity index (χ1) is 7.95. The molecule has 0 saturated carbocycles. The van der Waals surface area contributed by atoms with E-state index in [-0.39, 0.29) is 5.69 Å². The van der Waals surface area contributed by atoms with Crippen LogP contribution in [0.25, 0.3) is 0 Å². The van der Waals surface area contributed by atoms with Crippen LogP contribution < -0.4 is 5.32 Å². The lowest BCUT2D eigenvalue weighted by molar-refractivity contribution is -0.141. The Morgan fingerprint density at radius 3 is 2.71 bits per heavy atom. The largest absolute Gasteiger partial charge is 0.435 e. The Balaban J connectivity index is 2.59. The van der Waals surface area contributed by atoms with Crippen molar-refractivity contribution in [3.8, 4) is 0 Å². The molecule has 0 bridgehead atoms. The summed E-state index contributed by atoms with van der Waals surface area (Å²) in [7, 11) is 1.31. The fraction of sp³-hybridized carbons (Fsp3) is 0.600. The van der Waals surface area contributed by atoms with E-state index in [1.54, 1.807) is 0 Å². The van der Waals surface area contributed by atoms with E-state index in [4.69, 9.17) is 0 Å². The average molecular weight is 247 g/mol. The van der Waals surface area contributed by atoms with Crippen molar-refractivity contribution in [2.75, 3.05) is 7.05 Å². The predicted molar refractivity (Wildman–Crippen MR) is 53.6 cm³/mol. The van der Waals surface area contributed by atoms with Crippen LogP contribution in [0.4, 0.5) is 13.2 Å². The molecule has 2 heterocycles. The molecule has 2 rings (SSSR count). The Morgan fingerprint density at radius 2 is 2.12 bits per heavy atom. The van der Waals surface area contributed by atoms with Gasteiger partial charge in [-0.05, 0) is 12.8 Å². The van der Waals surface area contributed by atoms with Crippen molar-refractivity contribution < 1.29 is 18.0 Å². The summed E-state index contributed by atoms with van der Waals surface area (Å²) < 4.78 is 39.7. The third kappa shape index (κ3) is 2.01. The van der Waals surface area contributed by atoms with E-state index < -0.39 is 17.8 Å². The highest BCUT2D eigenvalue weighted by molar-refractivity contribution is 5.93. The Kier molecular flexibility index (Phi) is 2.84. The molecule has 0 fully saturated rings. The van der Waals surface area contributed by atoms with Crippen LogP contribution in [0.3, 0.4) is 0 Å². The number of rotatable bonds is 1. The molecular formula is C10H12F3N3O. The van der Waals surface area contributed by atoms with E-state index in [1.165, 1.54) is 11.6 Å². The van der Waals surface area contributed by atoms with E-state index >= 15 is 0 Å². The molecule has 0 radical (unpaired) electrons. The number of imidazole rings is 1. The Hall–Kier alpha value is -1.53. The third-order valence-corrected chi connectivity index (χ3v) is 2.79. The van der Waals surface area contributed by atoms with Gasteiger partial charge in [0.1, 0.15) is 11.5 Å². The van der Waals surface area contributed by atoms with E-state index in [0.29, 0.717) is 18.8 Å². The molecule has 1 amide bonds. The number of hydrogen-bond acceptors (Lipinski definition) is 2. The normalized spacial score (nSPS) is 15.5. The van der Waals surface area contributed by atoms with Gasteiger partial charge in [-0.1, -0.05) is 0 Å². The fourth-order valence-electron chi connectivity index (χ4n) is 2.03. The number of hydrogen-bond donors (Lipinski definition) is 1. The molecule has 1 N–H and O–H groups in total. The van der Waals surface area contributed by atoms with Crippen molar-refractivity contribution in [3.63, 3.8) is 0 Å². The van der Waals surface area contributed by atoms with Gasteiger partial charge < -0.3 is 9.88 Å². The monoisotopic (exact) mass is 247 g/mol. The molecule has 1 aliphatic rings. The highest BCUT2D eigenvalue weighted by atomic mass is 19.4. The first-order valence-corrected chi connectivity index (χ1v) is 5.34. The SMILES string of the molecule is CNC(=O)c1c(C(F)(F)F)nc2n1CCCC2. The predicted octanol–water partition coefficient (Wildman–Crippen LogP) is 1.60. The smallest absolute Gasteiger partial charge is 0.354 e. The van der Waals surface area contributed by atoms with Crippen LogP contribution in [0, 0.1) is 0 Å². The van der Waals surface area contributed by atoms with E-state index in [2.05, 4.69) is 10.3 Å². The molecule has 1 aromatic rings. The number of nitrogens with zero attached hydrogens (tertiary/aromatic N) is 2. The number of aryl methyl sites for hydroxylation is 1. The molecule has 94 valence electrons. The zero-order chi connectivity index (χ0) is 12.6. The van der Waals surface area contributed by atoms with Crippen molar-refractivity contribution in [1.29, 1.82) is 0 Å². The van der Waals surface area contributed by atoms with Crippen LogP contribution in [-0.2, 0) is 19.1 Å². The molecule has 0 aromatic carbocycles. The van der Waals surface area contributed by atoms with E-state index in [1.807, 2.05) is 0 Å². The lowest BCUT2D eigenvalue weighted by Gasteiger charge is -2.15. The maximum Gasteiger partial charge on any atom is 0.435 e. The molecule has 1 aliphatic heterocycles. The molecule has 0 spiro atoms. The third-order valence-electron chi connectivity index (χ3n) is 2.79. The lowest BCUT2D eigenvalue weighted by Crippen LogP contribution is -2.26. The summed E-state index contributed by atoms with van der Waals surface area (Å²) in [5, 5.41) is 2.23. The molecule has 0 aliphatic carbocycles. The highest BCUT2D eigenvalue weighted by Crippen LogP contribution is 2.33.